The Morgan fingerprint density at radius 2 is 1.78 bits per heavy atom. The topological polar surface area (TPSA) is 139 Å². The van der Waals surface area contributed by atoms with E-state index >= 15 is 0 Å². The minimum absolute atomic E-state index is 0.000877. The highest BCUT2D eigenvalue weighted by molar-refractivity contribution is 6.51. The van der Waals surface area contributed by atoms with Gasteiger partial charge in [-0.1, -0.05) is 12.1 Å². The van der Waals surface area contributed by atoms with Gasteiger partial charge in [0, 0.05) is 17.3 Å². The molecule has 0 saturated carbocycles. The van der Waals surface area contributed by atoms with E-state index in [2.05, 4.69) is 0 Å². The van der Waals surface area contributed by atoms with Crippen molar-refractivity contribution in [2.45, 2.75) is 6.04 Å². The van der Waals surface area contributed by atoms with Crippen molar-refractivity contribution in [3.8, 4) is 17.2 Å². The molecule has 11 heteroatoms. The first-order chi connectivity index (χ1) is 17.3. The van der Waals surface area contributed by atoms with Crippen LogP contribution in [0.3, 0.4) is 0 Å². The maximum absolute atomic E-state index is 14.0. The molecule has 182 valence electrons. The Labute approximate surface area is 202 Å². The van der Waals surface area contributed by atoms with Crippen LogP contribution in [0, 0.1) is 15.9 Å². The Morgan fingerprint density at radius 3 is 2.50 bits per heavy atom. The molecule has 1 saturated heterocycles. The summed E-state index contributed by atoms with van der Waals surface area (Å²) in [5.41, 5.74) is -0.867. The number of ketones is 1. The Morgan fingerprint density at radius 1 is 1.03 bits per heavy atom. The van der Waals surface area contributed by atoms with Gasteiger partial charge in [-0.2, -0.15) is 0 Å². The first kappa shape index (κ1) is 22.8. The molecule has 1 fully saturated rings. The minimum Gasteiger partial charge on any atom is -0.507 e. The Balaban J connectivity index is 1.73. The van der Waals surface area contributed by atoms with E-state index in [1.165, 1.54) is 36.4 Å². The second-order valence-corrected chi connectivity index (χ2v) is 8.01. The smallest absolute Gasteiger partial charge is 0.311 e. The number of halogens is 1. The standard InChI is InChI=1S/C25H17FN2O8/c26-15-2-1-3-16(12-15)27-22(13-4-6-18(29)17(10-13)28(33)34)21(24(31)25(27)32)23(30)14-5-7-19-20(11-14)36-9-8-35-19/h1-7,10-12,22,29-30H,8-9H2/b23-21+. The third kappa shape index (κ3) is 3.76. The third-order valence-electron chi connectivity index (χ3n) is 5.86. The zero-order valence-electron chi connectivity index (χ0n) is 18.4. The molecule has 1 unspecified atom stereocenters. The summed E-state index contributed by atoms with van der Waals surface area (Å²) in [6, 6.07) is 11.3. The predicted octanol–water partition coefficient (Wildman–Crippen LogP) is 3.84. The monoisotopic (exact) mass is 492 g/mol. The van der Waals surface area contributed by atoms with Gasteiger partial charge in [0.2, 0.25) is 0 Å². The lowest BCUT2D eigenvalue weighted by molar-refractivity contribution is -0.385. The first-order valence-corrected chi connectivity index (χ1v) is 10.7. The van der Waals surface area contributed by atoms with Crippen LogP contribution in [0.15, 0.2) is 66.2 Å². The Kier molecular flexibility index (Phi) is 5.51. The number of hydrogen-bond acceptors (Lipinski definition) is 8. The van der Waals surface area contributed by atoms with Crippen LogP contribution in [0.5, 0.6) is 17.2 Å². The van der Waals surface area contributed by atoms with Crippen molar-refractivity contribution in [2.75, 3.05) is 18.1 Å². The van der Waals surface area contributed by atoms with Crippen LogP contribution in [0.1, 0.15) is 17.2 Å². The number of carbonyl (C=O) groups is 2. The fourth-order valence-electron chi connectivity index (χ4n) is 4.24. The van der Waals surface area contributed by atoms with Crippen LogP contribution in [0.2, 0.25) is 0 Å². The number of hydrogen-bond donors (Lipinski definition) is 2. The number of ether oxygens (including phenoxy) is 2. The number of phenols is 1. The van der Waals surface area contributed by atoms with Crippen molar-refractivity contribution in [3.63, 3.8) is 0 Å². The highest BCUT2D eigenvalue weighted by Crippen LogP contribution is 2.44. The van der Waals surface area contributed by atoms with E-state index in [0.717, 1.165) is 29.2 Å². The van der Waals surface area contributed by atoms with E-state index in [4.69, 9.17) is 9.47 Å². The van der Waals surface area contributed by atoms with Crippen LogP contribution >= 0.6 is 0 Å². The van der Waals surface area contributed by atoms with Gasteiger partial charge in [-0.25, -0.2) is 4.39 Å². The fourth-order valence-corrected chi connectivity index (χ4v) is 4.24. The molecule has 2 aliphatic rings. The summed E-state index contributed by atoms with van der Waals surface area (Å²) in [7, 11) is 0. The molecule has 2 aliphatic heterocycles. The quantitative estimate of drug-likeness (QED) is 0.184. The molecule has 0 aliphatic carbocycles. The number of rotatable bonds is 4. The molecule has 0 bridgehead atoms. The van der Waals surface area contributed by atoms with E-state index in [1.54, 1.807) is 0 Å². The van der Waals surface area contributed by atoms with Crippen LogP contribution in [-0.4, -0.2) is 40.0 Å². The number of benzene rings is 3. The molecule has 1 amide bonds. The zero-order valence-corrected chi connectivity index (χ0v) is 18.4. The largest absolute Gasteiger partial charge is 0.507 e. The van der Waals surface area contributed by atoms with Crippen LogP contribution in [0.25, 0.3) is 5.76 Å². The molecule has 1 atom stereocenters. The number of aliphatic hydroxyl groups excluding tert-OH is 1. The molecular weight excluding hydrogens is 475 g/mol. The molecule has 10 nitrogen and oxygen atoms in total. The number of anilines is 1. The van der Waals surface area contributed by atoms with Crippen LogP contribution < -0.4 is 14.4 Å². The molecule has 0 spiro atoms. The summed E-state index contributed by atoms with van der Waals surface area (Å²) in [6.45, 7) is 0.620. The normalized spacial score (nSPS) is 18.4. The van der Waals surface area contributed by atoms with Crippen molar-refractivity contribution >= 4 is 28.8 Å². The number of nitrogens with zero attached hydrogens (tertiary/aromatic N) is 2. The molecule has 0 aromatic heterocycles. The van der Waals surface area contributed by atoms with Crippen molar-refractivity contribution in [3.05, 3.63) is 93.3 Å². The number of aliphatic hydroxyl groups is 1. The Hall–Kier alpha value is -4.93. The summed E-state index contributed by atoms with van der Waals surface area (Å²) in [4.78, 5) is 37.9. The Bertz CT molecular complexity index is 1470. The summed E-state index contributed by atoms with van der Waals surface area (Å²) < 4.78 is 25.0. The second-order valence-electron chi connectivity index (χ2n) is 8.01. The number of nitro groups is 1. The SMILES string of the molecule is O=C1C(=O)N(c2cccc(F)c2)C(c2ccc(O)c([N+](=O)[O-])c2)/C1=C(\O)c1ccc2c(c1)OCCO2. The number of fused-ring (bicyclic) bond motifs is 1. The van der Waals surface area contributed by atoms with Crippen molar-refractivity contribution in [2.24, 2.45) is 0 Å². The lowest BCUT2D eigenvalue weighted by Gasteiger charge is -2.25. The summed E-state index contributed by atoms with van der Waals surface area (Å²) in [6.07, 6.45) is 0. The number of nitro benzene ring substituents is 1. The molecule has 3 aromatic carbocycles. The van der Waals surface area contributed by atoms with Crippen LogP contribution in [0.4, 0.5) is 15.8 Å². The fraction of sp³-hybridized carbons (Fsp3) is 0.120. The summed E-state index contributed by atoms with van der Waals surface area (Å²) in [5.74, 6) is -3.27. The highest BCUT2D eigenvalue weighted by Gasteiger charge is 2.47. The number of aromatic hydroxyl groups is 1. The molecule has 3 aromatic rings. The number of Topliss-reactive ketones (excluding diaryl/α,β-unsaturated/α-hetero) is 1. The lowest BCUT2D eigenvalue weighted by atomic mass is 9.94. The third-order valence-corrected chi connectivity index (χ3v) is 5.86. The number of amides is 1. The van der Waals surface area contributed by atoms with Gasteiger partial charge in [0.15, 0.2) is 17.2 Å². The van der Waals surface area contributed by atoms with Gasteiger partial charge in [0.1, 0.15) is 24.8 Å². The summed E-state index contributed by atoms with van der Waals surface area (Å²) in [5, 5.41) is 32.6. The van der Waals surface area contributed by atoms with Gasteiger partial charge >= 0.3 is 5.69 Å². The van der Waals surface area contributed by atoms with Crippen molar-refractivity contribution in [1.82, 2.24) is 0 Å². The van der Waals surface area contributed by atoms with Crippen molar-refractivity contribution < 1.29 is 38.6 Å². The average Bonchev–Trinajstić information content (AvgIpc) is 3.13. The van der Waals surface area contributed by atoms with Gasteiger partial charge in [-0.3, -0.25) is 24.6 Å². The van der Waals surface area contributed by atoms with Gasteiger partial charge in [-0.05, 0) is 48.0 Å². The van der Waals surface area contributed by atoms with Gasteiger partial charge in [0.05, 0.1) is 16.5 Å². The highest BCUT2D eigenvalue weighted by atomic mass is 19.1. The minimum atomic E-state index is -1.36. The number of phenolic OH excluding ortho intramolecular Hbond substituents is 1. The average molecular weight is 492 g/mol. The van der Waals surface area contributed by atoms with E-state index in [1.807, 2.05) is 0 Å². The van der Waals surface area contributed by atoms with Crippen LogP contribution in [-0.2, 0) is 9.59 Å². The second kappa shape index (κ2) is 8.69. The maximum Gasteiger partial charge on any atom is 0.311 e. The molecule has 2 heterocycles. The van der Waals surface area contributed by atoms with Gasteiger partial charge < -0.3 is 19.7 Å². The predicted molar refractivity (Wildman–Crippen MR) is 123 cm³/mol. The molecule has 5 rings (SSSR count). The number of carbonyl (C=O) groups excluding carboxylic acids is 2. The van der Waals surface area contributed by atoms with E-state index < -0.39 is 45.7 Å². The zero-order chi connectivity index (χ0) is 25.6. The van der Waals surface area contributed by atoms with Crippen molar-refractivity contribution in [1.29, 1.82) is 0 Å². The molecule has 2 N–H and O–H groups in total. The lowest BCUT2D eigenvalue weighted by Crippen LogP contribution is -2.29. The van der Waals surface area contributed by atoms with E-state index in [-0.39, 0.29) is 29.0 Å². The van der Waals surface area contributed by atoms with E-state index in [9.17, 15) is 34.3 Å². The maximum atomic E-state index is 14.0. The first-order valence-electron chi connectivity index (χ1n) is 10.7. The summed E-state index contributed by atoms with van der Waals surface area (Å²) >= 11 is 0. The molecule has 36 heavy (non-hydrogen) atoms. The van der Waals surface area contributed by atoms with E-state index in [0.29, 0.717) is 18.1 Å². The molecular formula is C25H17FN2O8. The van der Waals surface area contributed by atoms with Gasteiger partial charge in [-0.15, -0.1) is 0 Å². The molecule has 0 radical (unpaired) electrons. The van der Waals surface area contributed by atoms with Gasteiger partial charge in [0.25, 0.3) is 11.7 Å².